The Balaban J connectivity index is 0.000000166. The monoisotopic (exact) mass is 1060 g/mol. The van der Waals surface area contributed by atoms with Crippen LogP contribution in [-0.4, -0.2) is 110 Å². The number of nitrogens with zero attached hydrogens (tertiary/aromatic N) is 3. The van der Waals surface area contributed by atoms with Crippen LogP contribution >= 0.6 is 0 Å². The van der Waals surface area contributed by atoms with E-state index in [0.29, 0.717) is 57.8 Å². The van der Waals surface area contributed by atoms with Gasteiger partial charge in [-0.2, -0.15) is 15.8 Å². The molecule has 0 aromatic rings. The molecular formula is C55H71N3O18. The minimum absolute atomic E-state index is 0.0900. The highest BCUT2D eigenvalue weighted by Gasteiger charge is 2.83. The third-order valence-corrected chi connectivity index (χ3v) is 19.4. The Morgan fingerprint density at radius 1 is 0.539 bits per heavy atom. The zero-order valence-corrected chi connectivity index (χ0v) is 45.8. The Kier molecular flexibility index (Phi) is 14.4. The summed E-state index contributed by atoms with van der Waals surface area (Å²) >= 11 is 0. The maximum absolute atomic E-state index is 12.3. The lowest BCUT2D eigenvalue weighted by atomic mass is 9.63. The molecule has 0 aromatic heterocycles. The van der Waals surface area contributed by atoms with Gasteiger partial charge in [0.05, 0.1) is 34.5 Å². The summed E-state index contributed by atoms with van der Waals surface area (Å²) in [6.45, 7) is 22.2. The van der Waals surface area contributed by atoms with Crippen molar-refractivity contribution in [2.24, 2.45) is 66.0 Å². The summed E-state index contributed by atoms with van der Waals surface area (Å²) in [5.41, 5.74) is -7.65. The molecule has 21 heteroatoms. The molecule has 9 aliphatic rings. The molecule has 3 saturated heterocycles. The Hall–Kier alpha value is -6.30. The van der Waals surface area contributed by atoms with Crippen molar-refractivity contribution >= 4 is 53.7 Å². The first kappa shape index (κ1) is 57.4. The van der Waals surface area contributed by atoms with Gasteiger partial charge in [-0.25, -0.2) is 14.4 Å². The molecule has 9 rings (SSSR count). The number of carbonyl (C=O) groups is 9. The fourth-order valence-corrected chi connectivity index (χ4v) is 13.6. The number of hydrogen-bond donors (Lipinski definition) is 0. The lowest BCUT2D eigenvalue weighted by Gasteiger charge is -2.37. The molecule has 76 heavy (non-hydrogen) atoms. The molecule has 21 nitrogen and oxygen atoms in total. The van der Waals surface area contributed by atoms with E-state index in [-0.39, 0.29) is 11.8 Å². The fraction of sp³-hybridized carbons (Fsp3) is 0.782. The molecule has 6 bridgehead atoms. The first-order chi connectivity index (χ1) is 35.2. The topological polar surface area (TPSA) is 308 Å². The molecular weight excluding hydrogens is 991 g/mol. The summed E-state index contributed by atoms with van der Waals surface area (Å²) in [5.74, 6) is -5.24. The summed E-state index contributed by atoms with van der Waals surface area (Å²) in [7, 11) is 0. The smallest absolute Gasteiger partial charge is 0.344 e. The van der Waals surface area contributed by atoms with Crippen molar-refractivity contribution in [3.63, 3.8) is 0 Å². The molecule has 6 saturated carbocycles. The van der Waals surface area contributed by atoms with Crippen molar-refractivity contribution in [3.05, 3.63) is 0 Å². The van der Waals surface area contributed by atoms with Gasteiger partial charge in [0.2, 0.25) is 0 Å². The van der Waals surface area contributed by atoms with Gasteiger partial charge in [-0.15, -0.1) is 0 Å². The second-order valence-electron chi connectivity index (χ2n) is 25.5. The number of carbonyl (C=O) groups excluding carboxylic acids is 9. The second kappa shape index (κ2) is 19.0. The third kappa shape index (κ3) is 8.55. The summed E-state index contributed by atoms with van der Waals surface area (Å²) in [4.78, 5) is 109. The number of nitriles is 3. The van der Waals surface area contributed by atoms with Crippen LogP contribution in [0.2, 0.25) is 0 Å². The minimum Gasteiger partial charge on any atom is -0.457 e. The number of rotatable bonds is 15. The van der Waals surface area contributed by atoms with Crippen molar-refractivity contribution < 1.29 is 85.8 Å². The van der Waals surface area contributed by atoms with Crippen LogP contribution in [0.15, 0.2) is 0 Å². The van der Waals surface area contributed by atoms with E-state index >= 15 is 0 Å². The van der Waals surface area contributed by atoms with Crippen LogP contribution in [-0.2, 0) is 85.8 Å². The minimum atomic E-state index is -1.16. The molecule has 0 N–H and O–H groups in total. The largest absolute Gasteiger partial charge is 0.457 e. The van der Waals surface area contributed by atoms with E-state index in [1.165, 1.54) is 0 Å². The van der Waals surface area contributed by atoms with E-state index in [0.717, 1.165) is 0 Å². The van der Waals surface area contributed by atoms with Gasteiger partial charge in [-0.05, 0) is 99.3 Å². The molecule has 0 amide bonds. The van der Waals surface area contributed by atoms with Gasteiger partial charge in [0.25, 0.3) is 0 Å². The van der Waals surface area contributed by atoms with Crippen LogP contribution < -0.4 is 0 Å². The number of fused-ring (bicyclic) bond motifs is 3. The SMILES string of the molecule is CCC(C)(C)C(=O)OCC(=O)OC1C2CC3(C#N)C(=O)OC1C3(C)C2.CCC(C)(C)C(=O)OCC(=O)OC1C2OC(=O)C3(C#N)CC1(C)CC23.CCC(C)(C)C(=O)OCC(=O)OC1C2OC(=O)C3(C#N)CC1(C)CC23C. The van der Waals surface area contributed by atoms with Gasteiger partial charge in [-0.1, -0.05) is 48.5 Å². The van der Waals surface area contributed by atoms with Crippen molar-refractivity contribution in [2.45, 2.75) is 184 Å². The van der Waals surface area contributed by atoms with Gasteiger partial charge in [-0.3, -0.25) is 28.8 Å². The van der Waals surface area contributed by atoms with Crippen LogP contribution in [0.5, 0.6) is 0 Å². The van der Waals surface area contributed by atoms with Crippen LogP contribution in [0.3, 0.4) is 0 Å². The Morgan fingerprint density at radius 3 is 1.47 bits per heavy atom. The second-order valence-corrected chi connectivity index (χ2v) is 25.5. The van der Waals surface area contributed by atoms with Crippen LogP contribution in [0.1, 0.15) is 148 Å². The first-order valence-corrected chi connectivity index (χ1v) is 26.1. The van der Waals surface area contributed by atoms with Gasteiger partial charge in [0.15, 0.2) is 36.1 Å². The van der Waals surface area contributed by atoms with E-state index in [4.69, 9.17) is 42.6 Å². The predicted molar refractivity (Wildman–Crippen MR) is 256 cm³/mol. The molecule has 15 atom stereocenters. The highest BCUT2D eigenvalue weighted by molar-refractivity contribution is 5.88. The van der Waals surface area contributed by atoms with Gasteiger partial charge < -0.3 is 42.6 Å². The van der Waals surface area contributed by atoms with Gasteiger partial charge in [0, 0.05) is 33.5 Å². The van der Waals surface area contributed by atoms with Crippen LogP contribution in [0, 0.1) is 100.0 Å². The maximum atomic E-state index is 12.3. The molecule has 0 spiro atoms. The summed E-state index contributed by atoms with van der Waals surface area (Å²) in [6.07, 6.45) is 0.910. The van der Waals surface area contributed by atoms with Crippen molar-refractivity contribution in [1.29, 1.82) is 15.8 Å². The Morgan fingerprint density at radius 2 is 1.00 bits per heavy atom. The number of ether oxygens (including phenoxy) is 9. The van der Waals surface area contributed by atoms with Crippen molar-refractivity contribution in [3.8, 4) is 18.2 Å². The normalized spacial score (nSPS) is 38.8. The van der Waals surface area contributed by atoms with Gasteiger partial charge in [0.1, 0.15) is 36.6 Å². The van der Waals surface area contributed by atoms with E-state index in [9.17, 15) is 58.9 Å². The summed E-state index contributed by atoms with van der Waals surface area (Å²) in [6, 6.07) is 6.44. The summed E-state index contributed by atoms with van der Waals surface area (Å²) < 4.78 is 48.0. The van der Waals surface area contributed by atoms with Crippen molar-refractivity contribution in [2.75, 3.05) is 19.8 Å². The predicted octanol–water partition coefficient (Wildman–Crippen LogP) is 5.62. The quantitative estimate of drug-likeness (QED) is 0.142. The maximum Gasteiger partial charge on any atom is 0.344 e. The zero-order chi connectivity index (χ0) is 56.8. The number of esters is 9. The lowest BCUT2D eigenvalue weighted by Crippen LogP contribution is -2.48. The molecule has 0 aromatic carbocycles. The van der Waals surface area contributed by atoms with Gasteiger partial charge >= 0.3 is 53.7 Å². The first-order valence-electron chi connectivity index (χ1n) is 26.1. The molecule has 3 heterocycles. The highest BCUT2D eigenvalue weighted by atomic mass is 16.6. The van der Waals surface area contributed by atoms with E-state index in [2.05, 4.69) is 18.2 Å². The molecule has 0 radical (unpaired) electrons. The zero-order valence-electron chi connectivity index (χ0n) is 45.8. The summed E-state index contributed by atoms with van der Waals surface area (Å²) in [5, 5.41) is 28.6. The third-order valence-electron chi connectivity index (χ3n) is 19.4. The van der Waals surface area contributed by atoms with Crippen molar-refractivity contribution in [1.82, 2.24) is 0 Å². The Labute approximate surface area is 442 Å². The fourth-order valence-electron chi connectivity index (χ4n) is 13.6. The molecule has 6 aliphatic carbocycles. The van der Waals surface area contributed by atoms with Crippen LogP contribution in [0.25, 0.3) is 0 Å². The average molecular weight is 1060 g/mol. The average Bonchev–Trinajstić information content (AvgIpc) is 4.19. The molecule has 3 aliphatic heterocycles. The molecule has 15 unspecified atom stereocenters. The molecule has 9 fully saturated rings. The van der Waals surface area contributed by atoms with E-state index in [1.807, 2.05) is 48.5 Å². The Bertz CT molecular complexity index is 2640. The highest BCUT2D eigenvalue weighted by Crippen LogP contribution is 2.75. The number of hydrogen-bond acceptors (Lipinski definition) is 21. The molecule has 414 valence electrons. The van der Waals surface area contributed by atoms with Crippen LogP contribution in [0.4, 0.5) is 0 Å². The lowest BCUT2D eigenvalue weighted by molar-refractivity contribution is -0.176. The van der Waals surface area contributed by atoms with E-state index < -0.39 is 164 Å². The standard InChI is InChI=1S/C19H25NO6.2C18H23NO6/c1-6-16(2,3)14(22)24-7-11(21)25-12-13-18(5)8-17(12,4)9-19(18,10-20)15(23)26-13;1-5-16(2,3)14(21)23-7-11(20)24-13-12-10-6-17(13,4)8-18(10,9-19)15(22)25-12;1-5-16(2,3)14(21)23-8-11(20)24-12-10-6-17(4)13(12)25-15(22)18(17,7-10)9-19/h12-13H,6-9H2,1-5H3;2*10,12-13H,5-8H2,1-4H3. The van der Waals surface area contributed by atoms with E-state index in [1.54, 1.807) is 41.5 Å².